The number of nitro benzene ring substituents is 1. The lowest BCUT2D eigenvalue weighted by Crippen LogP contribution is -2.21. The van der Waals surface area contributed by atoms with E-state index in [1.54, 1.807) is 0 Å². The van der Waals surface area contributed by atoms with E-state index < -0.39 is 16.7 Å². The lowest BCUT2D eigenvalue weighted by Gasteiger charge is -2.01. The van der Waals surface area contributed by atoms with Gasteiger partial charge >= 0.3 is 0 Å². The predicted octanol–water partition coefficient (Wildman–Crippen LogP) is 0.982. The van der Waals surface area contributed by atoms with Gasteiger partial charge in [0.25, 0.3) is 17.5 Å². The Morgan fingerprint density at radius 3 is 2.40 bits per heavy atom. The van der Waals surface area contributed by atoms with Crippen molar-refractivity contribution in [1.29, 1.82) is 0 Å². The van der Waals surface area contributed by atoms with Gasteiger partial charge in [-0.3, -0.25) is 24.6 Å². The third-order valence-corrected chi connectivity index (χ3v) is 2.17. The second-order valence-corrected chi connectivity index (χ2v) is 3.03. The molecule has 0 saturated carbocycles. The van der Waals surface area contributed by atoms with Crippen molar-refractivity contribution in [2.75, 3.05) is 0 Å². The number of benzene rings is 1. The van der Waals surface area contributed by atoms with Crippen molar-refractivity contribution in [2.24, 2.45) is 0 Å². The monoisotopic (exact) mass is 205 g/mol. The van der Waals surface area contributed by atoms with Gasteiger partial charge < -0.3 is 0 Å². The molecule has 0 fully saturated rings. The molecule has 2 rings (SSSR count). The molecule has 1 aliphatic rings. The zero-order chi connectivity index (χ0) is 11.2. The maximum absolute atomic E-state index is 11.4. The van der Waals surface area contributed by atoms with Crippen LogP contribution < -0.4 is 0 Å². The molecule has 6 heteroatoms. The van der Waals surface area contributed by atoms with Gasteiger partial charge in [0.15, 0.2) is 0 Å². The molecule has 2 amide bonds. The highest BCUT2D eigenvalue weighted by Gasteiger charge is 2.34. The van der Waals surface area contributed by atoms with Crippen molar-refractivity contribution in [2.45, 2.75) is 0 Å². The molecule has 1 radical (unpaired) electrons. The zero-order valence-corrected chi connectivity index (χ0v) is 7.47. The number of nitrogens with zero attached hydrogens (tertiary/aromatic N) is 2. The van der Waals surface area contributed by atoms with Crippen LogP contribution >= 0.6 is 0 Å². The number of fused-ring (bicyclic) bond motifs is 1. The maximum Gasteiger partial charge on any atom is 0.270 e. The van der Waals surface area contributed by atoms with Gasteiger partial charge in [-0.2, -0.15) is 0 Å². The molecular formula is C9H5N2O4. The number of carbonyl (C=O) groups is 2. The van der Waals surface area contributed by atoms with Gasteiger partial charge in [0.2, 0.25) is 0 Å². The van der Waals surface area contributed by atoms with E-state index in [1.807, 2.05) is 0 Å². The average molecular weight is 205 g/mol. The first-order chi connectivity index (χ1) is 7.02. The summed E-state index contributed by atoms with van der Waals surface area (Å²) in [6.45, 7) is 0. The second kappa shape index (κ2) is 2.88. The van der Waals surface area contributed by atoms with E-state index in [1.165, 1.54) is 12.1 Å². The second-order valence-electron chi connectivity index (χ2n) is 3.03. The van der Waals surface area contributed by atoms with Crippen LogP contribution in [-0.2, 0) is 0 Å². The Bertz CT molecular complexity index is 495. The van der Waals surface area contributed by atoms with Crippen molar-refractivity contribution in [1.82, 2.24) is 4.90 Å². The molecular weight excluding hydrogens is 200 g/mol. The molecule has 0 N–H and O–H groups in total. The van der Waals surface area contributed by atoms with E-state index in [2.05, 4.69) is 7.05 Å². The number of nitro groups is 1. The number of carbonyl (C=O) groups excluding carboxylic acids is 2. The Hall–Kier alpha value is -2.24. The fourth-order valence-electron chi connectivity index (χ4n) is 1.39. The van der Waals surface area contributed by atoms with Crippen LogP contribution in [0.2, 0.25) is 0 Å². The number of imide groups is 1. The summed E-state index contributed by atoms with van der Waals surface area (Å²) in [5, 5.41) is 10.5. The molecule has 0 aromatic heterocycles. The van der Waals surface area contributed by atoms with Crippen molar-refractivity contribution in [3.05, 3.63) is 46.5 Å². The van der Waals surface area contributed by atoms with E-state index >= 15 is 0 Å². The van der Waals surface area contributed by atoms with Crippen molar-refractivity contribution < 1.29 is 14.5 Å². The highest BCUT2D eigenvalue weighted by Crippen LogP contribution is 2.25. The van der Waals surface area contributed by atoms with E-state index in [0.717, 1.165) is 6.07 Å². The maximum atomic E-state index is 11.4. The van der Waals surface area contributed by atoms with E-state index in [-0.39, 0.29) is 16.8 Å². The Morgan fingerprint density at radius 2 is 1.80 bits per heavy atom. The molecule has 0 aliphatic carbocycles. The molecule has 0 bridgehead atoms. The molecule has 1 aliphatic heterocycles. The number of hydrogen-bond acceptors (Lipinski definition) is 4. The molecule has 0 saturated heterocycles. The molecule has 1 aromatic rings. The Balaban J connectivity index is 2.61. The van der Waals surface area contributed by atoms with Crippen LogP contribution in [0.4, 0.5) is 5.69 Å². The fourth-order valence-corrected chi connectivity index (χ4v) is 1.39. The summed E-state index contributed by atoms with van der Waals surface area (Å²) in [5.74, 6) is -1.15. The van der Waals surface area contributed by atoms with E-state index in [0.29, 0.717) is 4.90 Å². The number of amides is 2. The molecule has 75 valence electrons. The quantitative estimate of drug-likeness (QED) is 0.389. The molecule has 0 atom stereocenters. The smallest absolute Gasteiger partial charge is 0.270 e. The summed E-state index contributed by atoms with van der Waals surface area (Å²) in [5.41, 5.74) is -0.0324. The van der Waals surface area contributed by atoms with E-state index in [4.69, 9.17) is 0 Å². The molecule has 15 heavy (non-hydrogen) atoms. The standard InChI is InChI=1S/C9H5N2O4/c1-10-8(12)6-3-2-5(11(14)15)4-7(6)9(10)13/h2-4H,1H2. The van der Waals surface area contributed by atoms with Crippen LogP contribution in [-0.4, -0.2) is 21.6 Å². The van der Waals surface area contributed by atoms with Gasteiger partial charge in [-0.05, 0) is 6.07 Å². The lowest BCUT2D eigenvalue weighted by molar-refractivity contribution is -0.384. The third-order valence-electron chi connectivity index (χ3n) is 2.17. The van der Waals surface area contributed by atoms with Gasteiger partial charge in [0, 0.05) is 19.2 Å². The summed E-state index contributed by atoms with van der Waals surface area (Å²) in [6.07, 6.45) is 0. The van der Waals surface area contributed by atoms with Gasteiger partial charge in [0.05, 0.1) is 16.1 Å². The third kappa shape index (κ3) is 1.18. The summed E-state index contributed by atoms with van der Waals surface area (Å²) >= 11 is 0. The SMILES string of the molecule is [CH2]N1C(=O)c2ccc([N+](=O)[O-])cc2C1=O. The van der Waals surface area contributed by atoms with Crippen molar-refractivity contribution in [3.8, 4) is 0 Å². The molecule has 1 heterocycles. The fraction of sp³-hybridized carbons (Fsp3) is 0. The molecule has 0 spiro atoms. The molecule has 1 aromatic carbocycles. The van der Waals surface area contributed by atoms with Gasteiger partial charge in [-0.25, -0.2) is 0 Å². The molecule has 6 nitrogen and oxygen atoms in total. The van der Waals surface area contributed by atoms with Gasteiger partial charge in [-0.15, -0.1) is 0 Å². The van der Waals surface area contributed by atoms with Crippen LogP contribution in [0.1, 0.15) is 20.7 Å². The summed E-state index contributed by atoms with van der Waals surface area (Å²) in [7, 11) is 3.25. The number of non-ortho nitro benzene ring substituents is 1. The van der Waals surface area contributed by atoms with Gasteiger partial charge in [0.1, 0.15) is 0 Å². The Labute approximate surface area is 84.3 Å². The lowest BCUT2D eigenvalue weighted by atomic mass is 10.1. The topological polar surface area (TPSA) is 80.5 Å². The van der Waals surface area contributed by atoms with E-state index in [9.17, 15) is 19.7 Å². The van der Waals surface area contributed by atoms with Crippen LogP contribution in [0.3, 0.4) is 0 Å². The molecule has 0 unspecified atom stereocenters. The van der Waals surface area contributed by atoms with Crippen molar-refractivity contribution in [3.63, 3.8) is 0 Å². The predicted molar refractivity (Wildman–Crippen MR) is 49.0 cm³/mol. The summed E-state index contributed by atoms with van der Waals surface area (Å²) in [6, 6.07) is 3.53. The summed E-state index contributed by atoms with van der Waals surface area (Å²) in [4.78, 5) is 33.3. The highest BCUT2D eigenvalue weighted by atomic mass is 16.6. The van der Waals surface area contributed by atoms with Crippen LogP contribution in [0.15, 0.2) is 18.2 Å². The van der Waals surface area contributed by atoms with Crippen LogP contribution in [0.25, 0.3) is 0 Å². The van der Waals surface area contributed by atoms with Gasteiger partial charge in [-0.1, -0.05) is 0 Å². The minimum absolute atomic E-state index is 0.0317. The Morgan fingerprint density at radius 1 is 1.20 bits per heavy atom. The normalized spacial score (nSPS) is 14.3. The Kier molecular flexibility index (Phi) is 1.79. The first-order valence-electron chi connectivity index (χ1n) is 4.00. The minimum atomic E-state index is -0.621. The van der Waals surface area contributed by atoms with Crippen LogP contribution in [0, 0.1) is 17.2 Å². The number of rotatable bonds is 1. The average Bonchev–Trinajstić information content (AvgIpc) is 2.44. The largest absolute Gasteiger partial charge is 0.273 e. The minimum Gasteiger partial charge on any atom is -0.273 e. The highest BCUT2D eigenvalue weighted by molar-refractivity contribution is 6.21. The summed E-state index contributed by atoms with van der Waals surface area (Å²) < 4.78 is 0. The zero-order valence-electron chi connectivity index (χ0n) is 7.47. The van der Waals surface area contributed by atoms with Crippen molar-refractivity contribution >= 4 is 17.5 Å². The first-order valence-corrected chi connectivity index (χ1v) is 4.00. The number of hydrogen-bond donors (Lipinski definition) is 0. The first kappa shape index (κ1) is 9.32. The van der Waals surface area contributed by atoms with Crippen LogP contribution in [0.5, 0.6) is 0 Å².